The van der Waals surface area contributed by atoms with Gasteiger partial charge >= 0.3 is 0 Å². The maximum atomic E-state index is 12.4. The van der Waals surface area contributed by atoms with Crippen molar-refractivity contribution in [2.75, 3.05) is 32.7 Å². The maximum absolute atomic E-state index is 12.4. The van der Waals surface area contributed by atoms with Crippen LogP contribution >= 0.6 is 11.6 Å². The van der Waals surface area contributed by atoms with Crippen LogP contribution in [0.2, 0.25) is 5.02 Å². The Balaban J connectivity index is 2.03. The summed E-state index contributed by atoms with van der Waals surface area (Å²) in [4.78, 5) is 16.4. The van der Waals surface area contributed by atoms with Gasteiger partial charge in [0.05, 0.1) is 10.6 Å². The number of phenols is 1. The van der Waals surface area contributed by atoms with Crippen LogP contribution in [0.25, 0.3) is 0 Å². The van der Waals surface area contributed by atoms with Gasteiger partial charge in [0.15, 0.2) is 0 Å². The zero-order valence-electron chi connectivity index (χ0n) is 11.6. The molecule has 1 heterocycles. The highest BCUT2D eigenvalue weighted by Crippen LogP contribution is 2.23. The van der Waals surface area contributed by atoms with Gasteiger partial charge in [0.25, 0.3) is 5.91 Å². The molecule has 1 saturated heterocycles. The van der Waals surface area contributed by atoms with Crippen molar-refractivity contribution in [2.24, 2.45) is 5.73 Å². The number of rotatable bonds is 3. The Hall–Kier alpha value is -1.30. The second-order valence-electron chi connectivity index (χ2n) is 5.08. The largest absolute Gasteiger partial charge is 0.508 e. The Morgan fingerprint density at radius 2 is 2.05 bits per heavy atom. The molecule has 0 spiro atoms. The molecule has 110 valence electrons. The van der Waals surface area contributed by atoms with Gasteiger partial charge in [0.1, 0.15) is 5.75 Å². The van der Waals surface area contributed by atoms with E-state index in [4.69, 9.17) is 17.3 Å². The molecule has 5 nitrogen and oxygen atoms in total. The van der Waals surface area contributed by atoms with Crippen molar-refractivity contribution in [1.82, 2.24) is 9.80 Å². The van der Waals surface area contributed by atoms with Crippen LogP contribution in [0.15, 0.2) is 18.2 Å². The lowest BCUT2D eigenvalue weighted by atomic mass is 10.1. The second kappa shape index (κ2) is 6.43. The summed E-state index contributed by atoms with van der Waals surface area (Å²) in [6.07, 6.45) is 0. The number of nitrogens with two attached hydrogens (primary N) is 1. The molecule has 2 rings (SSSR count). The zero-order chi connectivity index (χ0) is 14.7. The van der Waals surface area contributed by atoms with Gasteiger partial charge in [0, 0.05) is 38.8 Å². The van der Waals surface area contributed by atoms with E-state index < -0.39 is 0 Å². The number of phenolic OH excluding ortho intramolecular Hbond substituents is 1. The molecule has 1 aromatic carbocycles. The highest BCUT2D eigenvalue weighted by atomic mass is 35.5. The van der Waals surface area contributed by atoms with Crippen LogP contribution in [0.4, 0.5) is 0 Å². The number of carbonyl (C=O) groups is 1. The molecule has 0 bridgehead atoms. The van der Waals surface area contributed by atoms with E-state index in [0.717, 1.165) is 13.1 Å². The summed E-state index contributed by atoms with van der Waals surface area (Å²) in [6.45, 7) is 5.61. The molecule has 1 amide bonds. The van der Waals surface area contributed by atoms with Gasteiger partial charge < -0.3 is 15.7 Å². The first-order valence-electron chi connectivity index (χ1n) is 6.75. The third-order valence-corrected chi connectivity index (χ3v) is 4.08. The average Bonchev–Trinajstić information content (AvgIpc) is 2.48. The molecule has 3 N–H and O–H groups in total. The van der Waals surface area contributed by atoms with E-state index in [1.165, 1.54) is 18.2 Å². The number of nitrogens with zero attached hydrogens (tertiary/aromatic N) is 2. The Labute approximate surface area is 123 Å². The summed E-state index contributed by atoms with van der Waals surface area (Å²) in [5.74, 6) is -0.0842. The number of hydrogen-bond donors (Lipinski definition) is 2. The van der Waals surface area contributed by atoms with Crippen molar-refractivity contribution < 1.29 is 9.90 Å². The molecule has 1 aliphatic heterocycles. The number of aromatic hydroxyl groups is 1. The molecular formula is C14H20ClN3O2. The number of piperazine rings is 1. The van der Waals surface area contributed by atoms with E-state index in [9.17, 15) is 9.90 Å². The van der Waals surface area contributed by atoms with Crippen molar-refractivity contribution in [2.45, 2.75) is 13.0 Å². The minimum atomic E-state index is -0.133. The zero-order valence-corrected chi connectivity index (χ0v) is 12.3. The maximum Gasteiger partial charge on any atom is 0.255 e. The summed E-state index contributed by atoms with van der Waals surface area (Å²) in [5.41, 5.74) is 6.01. The van der Waals surface area contributed by atoms with Crippen molar-refractivity contribution in [3.8, 4) is 5.75 Å². The Kier molecular flexibility index (Phi) is 4.86. The normalized spacial score (nSPS) is 18.1. The van der Waals surface area contributed by atoms with Crippen molar-refractivity contribution in [3.63, 3.8) is 0 Å². The van der Waals surface area contributed by atoms with Crippen molar-refractivity contribution in [3.05, 3.63) is 28.8 Å². The van der Waals surface area contributed by atoms with Crippen LogP contribution < -0.4 is 5.73 Å². The molecule has 1 aliphatic rings. The summed E-state index contributed by atoms with van der Waals surface area (Å²) in [6, 6.07) is 4.76. The smallest absolute Gasteiger partial charge is 0.255 e. The Morgan fingerprint density at radius 3 is 2.65 bits per heavy atom. The fourth-order valence-corrected chi connectivity index (χ4v) is 2.56. The van der Waals surface area contributed by atoms with Gasteiger partial charge in [-0.1, -0.05) is 11.6 Å². The third kappa shape index (κ3) is 3.23. The van der Waals surface area contributed by atoms with Gasteiger partial charge in [0.2, 0.25) is 0 Å². The SMILES string of the molecule is CC(CN)N1CCN(C(=O)c2cc(O)ccc2Cl)CC1. The second-order valence-corrected chi connectivity index (χ2v) is 5.48. The minimum absolute atomic E-state index is 0.0492. The average molecular weight is 298 g/mol. The highest BCUT2D eigenvalue weighted by Gasteiger charge is 2.25. The lowest BCUT2D eigenvalue weighted by molar-refractivity contribution is 0.0589. The quantitative estimate of drug-likeness (QED) is 0.878. The molecular weight excluding hydrogens is 278 g/mol. The van der Waals surface area contributed by atoms with E-state index in [1.54, 1.807) is 4.90 Å². The molecule has 1 aromatic rings. The molecule has 1 unspecified atom stereocenters. The van der Waals surface area contributed by atoms with Crippen LogP contribution in [-0.2, 0) is 0 Å². The van der Waals surface area contributed by atoms with Crippen molar-refractivity contribution >= 4 is 17.5 Å². The van der Waals surface area contributed by atoms with Gasteiger partial charge in [-0.05, 0) is 25.1 Å². The van der Waals surface area contributed by atoms with E-state index in [1.807, 2.05) is 0 Å². The number of hydrogen-bond acceptors (Lipinski definition) is 4. The van der Waals surface area contributed by atoms with E-state index in [0.29, 0.717) is 36.3 Å². The number of halogens is 1. The van der Waals surface area contributed by atoms with Crippen LogP contribution in [0, 0.1) is 0 Å². The van der Waals surface area contributed by atoms with Crippen LogP contribution in [0.1, 0.15) is 17.3 Å². The topological polar surface area (TPSA) is 69.8 Å². The monoisotopic (exact) mass is 297 g/mol. The van der Waals surface area contributed by atoms with Gasteiger partial charge in [-0.3, -0.25) is 9.69 Å². The number of carbonyl (C=O) groups excluding carboxylic acids is 1. The van der Waals surface area contributed by atoms with Gasteiger partial charge in [-0.15, -0.1) is 0 Å². The molecule has 1 fully saturated rings. The highest BCUT2D eigenvalue weighted by molar-refractivity contribution is 6.33. The molecule has 0 aromatic heterocycles. The molecule has 0 aliphatic carbocycles. The summed E-state index contributed by atoms with van der Waals surface area (Å²) >= 11 is 6.03. The number of benzene rings is 1. The minimum Gasteiger partial charge on any atom is -0.508 e. The first-order valence-corrected chi connectivity index (χ1v) is 7.12. The third-order valence-electron chi connectivity index (χ3n) is 3.75. The molecule has 1 atom stereocenters. The summed E-state index contributed by atoms with van der Waals surface area (Å²) in [7, 11) is 0. The Morgan fingerprint density at radius 1 is 1.40 bits per heavy atom. The van der Waals surface area contributed by atoms with E-state index in [-0.39, 0.29) is 11.7 Å². The molecule has 0 radical (unpaired) electrons. The first-order chi connectivity index (χ1) is 9.52. The molecule has 0 saturated carbocycles. The van der Waals surface area contributed by atoms with Gasteiger partial charge in [-0.2, -0.15) is 0 Å². The Bertz CT molecular complexity index is 487. The van der Waals surface area contributed by atoms with Crippen LogP contribution in [0.5, 0.6) is 5.75 Å². The molecule has 20 heavy (non-hydrogen) atoms. The van der Waals surface area contributed by atoms with Gasteiger partial charge in [-0.25, -0.2) is 0 Å². The first kappa shape index (κ1) is 15.1. The van der Waals surface area contributed by atoms with E-state index >= 15 is 0 Å². The fourth-order valence-electron chi connectivity index (χ4n) is 2.36. The van der Waals surface area contributed by atoms with Crippen LogP contribution in [-0.4, -0.2) is 59.6 Å². The predicted octanol–water partition coefficient (Wildman–Crippen LogP) is 1.15. The summed E-state index contributed by atoms with van der Waals surface area (Å²) < 4.78 is 0. The number of amides is 1. The van der Waals surface area contributed by atoms with E-state index in [2.05, 4.69) is 11.8 Å². The fraction of sp³-hybridized carbons (Fsp3) is 0.500. The standard InChI is InChI=1S/C14H20ClN3O2/c1-10(9-16)17-4-6-18(7-5-17)14(20)12-8-11(19)2-3-13(12)15/h2-3,8,10,19H,4-7,9,16H2,1H3. The van der Waals surface area contributed by atoms with Crippen molar-refractivity contribution in [1.29, 1.82) is 0 Å². The predicted molar refractivity (Wildman–Crippen MR) is 79.1 cm³/mol. The van der Waals surface area contributed by atoms with Crippen LogP contribution in [0.3, 0.4) is 0 Å². The summed E-state index contributed by atoms with van der Waals surface area (Å²) in [5, 5.41) is 9.85. The molecule has 6 heteroatoms. The lowest BCUT2D eigenvalue weighted by Crippen LogP contribution is -2.52. The lowest BCUT2D eigenvalue weighted by Gasteiger charge is -2.37.